The third-order valence-electron chi connectivity index (χ3n) is 15.1. The van der Waals surface area contributed by atoms with E-state index in [1.54, 1.807) is 0 Å². The van der Waals surface area contributed by atoms with Crippen LogP contribution in [0.3, 0.4) is 0 Å². The average molecular weight is 1060 g/mol. The van der Waals surface area contributed by atoms with Crippen LogP contribution in [0.15, 0.2) is 255 Å². The minimum Gasteiger partial charge on any atom is -0.309 e. The zero-order chi connectivity index (χ0) is 53.4. The summed E-state index contributed by atoms with van der Waals surface area (Å²) in [4.78, 5) is 41.7. The van der Waals surface area contributed by atoms with E-state index in [1.165, 1.54) is 20.2 Å². The van der Waals surface area contributed by atoms with Gasteiger partial charge in [-0.15, -0.1) is 11.3 Å². The number of rotatable bonds is 9. The molecular weight excluding hydrogens is 1010 g/mol. The van der Waals surface area contributed by atoms with E-state index in [0.717, 1.165) is 93.9 Å². The van der Waals surface area contributed by atoms with Crippen LogP contribution in [0.4, 0.5) is 0 Å². The fraction of sp³-hybridized carbons (Fsp3) is 0. The first-order chi connectivity index (χ1) is 40.1. The van der Waals surface area contributed by atoms with Crippen LogP contribution in [-0.2, 0) is 0 Å². The molecule has 10 nitrogen and oxygen atoms in total. The van der Waals surface area contributed by atoms with Gasteiger partial charge in [0.1, 0.15) is 0 Å². The van der Waals surface area contributed by atoms with E-state index >= 15 is 0 Å². The molecule has 0 aliphatic rings. The van der Waals surface area contributed by atoms with Crippen molar-refractivity contribution < 1.29 is 0 Å². The van der Waals surface area contributed by atoms with E-state index in [1.807, 2.05) is 145 Å². The highest BCUT2D eigenvalue weighted by molar-refractivity contribution is 7.25. The van der Waals surface area contributed by atoms with Crippen molar-refractivity contribution in [1.82, 2.24) is 49.0 Å². The van der Waals surface area contributed by atoms with Gasteiger partial charge in [0.15, 0.2) is 34.9 Å². The van der Waals surface area contributed by atoms with Crippen molar-refractivity contribution in [2.24, 2.45) is 0 Å². The highest BCUT2D eigenvalue weighted by Gasteiger charge is 2.23. The van der Waals surface area contributed by atoms with E-state index in [0.29, 0.717) is 40.9 Å². The van der Waals surface area contributed by atoms with Gasteiger partial charge in [-0.05, 0) is 66.7 Å². The molecule has 0 saturated heterocycles. The lowest BCUT2D eigenvalue weighted by Gasteiger charge is -2.15. The fourth-order valence-corrected chi connectivity index (χ4v) is 12.4. The Hall–Kier alpha value is -10.9. The van der Waals surface area contributed by atoms with Gasteiger partial charge in [-0.3, -0.25) is 4.57 Å². The summed E-state index contributed by atoms with van der Waals surface area (Å²) >= 11 is 1.81. The Morgan fingerprint density at radius 3 is 1.22 bits per heavy atom. The maximum Gasteiger partial charge on any atom is 0.235 e. The Morgan fingerprint density at radius 1 is 0.259 bits per heavy atom. The van der Waals surface area contributed by atoms with Crippen molar-refractivity contribution in [3.05, 3.63) is 255 Å². The number of thiophene rings is 1. The lowest BCUT2D eigenvalue weighted by atomic mass is 10.1. The number of hydrogen-bond acceptors (Lipinski definition) is 9. The maximum atomic E-state index is 5.38. The quantitative estimate of drug-likeness (QED) is 0.140. The van der Waals surface area contributed by atoms with Crippen LogP contribution < -0.4 is 0 Å². The third kappa shape index (κ3) is 8.01. The lowest BCUT2D eigenvalue weighted by molar-refractivity contribution is 0.992. The molecule has 6 heterocycles. The SMILES string of the molecule is c1ccc(-c2nc(-c3ccccc3)nc(-c3cc(-c4nc(-c5ccccc5)nc(-c5ccccc5)n4)cc(-n4c5ccccc5c5cc6c7ccccc7n(-c7nccc(-c8ccc9sc%10ccccc%10c9c8)n7)c6cc54)c3)n2)cc1. The zero-order valence-electron chi connectivity index (χ0n) is 43.1. The first-order valence-corrected chi connectivity index (χ1v) is 27.6. The minimum absolute atomic E-state index is 0.498. The molecule has 0 aliphatic heterocycles. The standard InChI is InChI=1S/C70H42N10S/c1-5-19-43(20-6-1)64-73-65(44-21-7-2-8-22-44)76-68(75-64)48-37-49(69-77-66(45-23-9-3-10-24-45)74-67(78-69)46-25-11-4-12-26-46)39-50(38-48)79-58-30-16-13-27-51(58)54-41-55-52-28-14-17-31-59(52)80(61(55)42-60(54)79)70-71-36-35-57(72-70)47-33-34-63-56(40-47)53-29-15-18-32-62(53)81-63/h1-42H. The van der Waals surface area contributed by atoms with Gasteiger partial charge in [-0.2, -0.15) is 0 Å². The highest BCUT2D eigenvalue weighted by atomic mass is 32.1. The Labute approximate surface area is 467 Å². The average Bonchev–Trinajstić information content (AvgIpc) is 4.41. The van der Waals surface area contributed by atoms with Crippen molar-refractivity contribution in [1.29, 1.82) is 0 Å². The predicted octanol–water partition coefficient (Wildman–Crippen LogP) is 17.1. The van der Waals surface area contributed by atoms with Crippen molar-refractivity contribution in [2.75, 3.05) is 0 Å². The molecule has 16 rings (SSSR count). The third-order valence-corrected chi connectivity index (χ3v) is 16.2. The normalized spacial score (nSPS) is 11.7. The summed E-state index contributed by atoms with van der Waals surface area (Å²) in [7, 11) is 0. The van der Waals surface area contributed by atoms with Crippen molar-refractivity contribution >= 4 is 75.1 Å². The number of nitrogens with zero attached hydrogens (tertiary/aromatic N) is 10. The summed E-state index contributed by atoms with van der Waals surface area (Å²) in [6.07, 6.45) is 1.87. The van der Waals surface area contributed by atoms with E-state index in [4.69, 9.17) is 39.9 Å². The summed E-state index contributed by atoms with van der Waals surface area (Å²) in [5.74, 6) is 3.81. The predicted molar refractivity (Wildman–Crippen MR) is 328 cm³/mol. The number of para-hydroxylation sites is 2. The summed E-state index contributed by atoms with van der Waals surface area (Å²) in [5, 5.41) is 6.86. The molecule has 378 valence electrons. The van der Waals surface area contributed by atoms with Crippen LogP contribution in [0.1, 0.15) is 0 Å². The van der Waals surface area contributed by atoms with Crippen molar-refractivity contribution in [3.8, 4) is 91.2 Å². The smallest absolute Gasteiger partial charge is 0.235 e. The number of fused-ring (bicyclic) bond motifs is 9. The van der Waals surface area contributed by atoms with Gasteiger partial charge < -0.3 is 4.57 Å². The Kier molecular flexibility index (Phi) is 10.8. The molecule has 0 unspecified atom stereocenters. The van der Waals surface area contributed by atoms with E-state index in [-0.39, 0.29) is 0 Å². The molecule has 11 heteroatoms. The first-order valence-electron chi connectivity index (χ1n) is 26.7. The molecule has 0 spiro atoms. The van der Waals surface area contributed by atoms with Crippen LogP contribution in [0.2, 0.25) is 0 Å². The largest absolute Gasteiger partial charge is 0.309 e. The van der Waals surface area contributed by atoms with Crippen LogP contribution in [-0.4, -0.2) is 49.0 Å². The lowest BCUT2D eigenvalue weighted by Crippen LogP contribution is -2.04. The van der Waals surface area contributed by atoms with Crippen LogP contribution in [0.25, 0.3) is 155 Å². The molecule has 0 atom stereocenters. The van der Waals surface area contributed by atoms with Crippen molar-refractivity contribution in [3.63, 3.8) is 0 Å². The molecule has 6 aromatic heterocycles. The Morgan fingerprint density at radius 2 is 0.691 bits per heavy atom. The van der Waals surface area contributed by atoms with Gasteiger partial charge in [0.2, 0.25) is 5.95 Å². The fourth-order valence-electron chi connectivity index (χ4n) is 11.3. The van der Waals surface area contributed by atoms with Gasteiger partial charge in [0, 0.05) is 92.5 Å². The second-order valence-electron chi connectivity index (χ2n) is 20.0. The number of aromatic nitrogens is 10. The Bertz CT molecular complexity index is 4850. The minimum atomic E-state index is 0.498. The van der Waals surface area contributed by atoms with Gasteiger partial charge in [0.25, 0.3) is 0 Å². The van der Waals surface area contributed by atoms with Crippen LogP contribution in [0, 0.1) is 0 Å². The molecule has 81 heavy (non-hydrogen) atoms. The van der Waals surface area contributed by atoms with Crippen LogP contribution in [0.5, 0.6) is 0 Å². The number of hydrogen-bond donors (Lipinski definition) is 0. The Balaban J connectivity index is 0.954. The number of benzene rings is 10. The van der Waals surface area contributed by atoms with Gasteiger partial charge in [-0.1, -0.05) is 182 Å². The topological polar surface area (TPSA) is 113 Å². The van der Waals surface area contributed by atoms with E-state index < -0.39 is 0 Å². The second-order valence-corrected chi connectivity index (χ2v) is 21.1. The molecule has 0 fully saturated rings. The summed E-state index contributed by atoms with van der Waals surface area (Å²) in [5.41, 5.74) is 11.7. The zero-order valence-corrected chi connectivity index (χ0v) is 43.9. The maximum absolute atomic E-state index is 5.38. The summed E-state index contributed by atoms with van der Waals surface area (Å²) < 4.78 is 7.06. The van der Waals surface area contributed by atoms with E-state index in [9.17, 15) is 0 Å². The monoisotopic (exact) mass is 1050 g/mol. The van der Waals surface area contributed by atoms with Gasteiger partial charge in [-0.25, -0.2) is 39.9 Å². The second kappa shape index (κ2) is 18.9. The molecule has 0 amide bonds. The first kappa shape index (κ1) is 46.2. The summed E-state index contributed by atoms with van der Waals surface area (Å²) in [6, 6.07) is 85.7. The molecule has 10 aromatic carbocycles. The van der Waals surface area contributed by atoms with Gasteiger partial charge >= 0.3 is 0 Å². The molecule has 0 N–H and O–H groups in total. The van der Waals surface area contributed by atoms with Gasteiger partial charge in [0.05, 0.1) is 27.8 Å². The van der Waals surface area contributed by atoms with Crippen molar-refractivity contribution in [2.45, 2.75) is 0 Å². The molecular formula is C70H42N10S. The molecule has 16 aromatic rings. The summed E-state index contributed by atoms with van der Waals surface area (Å²) in [6.45, 7) is 0. The molecule has 0 radical (unpaired) electrons. The molecule has 0 aliphatic carbocycles. The highest BCUT2D eigenvalue weighted by Crippen LogP contribution is 2.42. The van der Waals surface area contributed by atoms with E-state index in [2.05, 4.69) is 130 Å². The molecule has 0 bridgehead atoms. The van der Waals surface area contributed by atoms with Crippen LogP contribution >= 0.6 is 11.3 Å². The molecule has 0 saturated carbocycles.